The molecule has 2 aromatic carbocycles. The van der Waals surface area contributed by atoms with Gasteiger partial charge >= 0.3 is 6.03 Å². The topological polar surface area (TPSA) is 101 Å². The first-order valence-electron chi connectivity index (χ1n) is 12.1. The van der Waals surface area contributed by atoms with Gasteiger partial charge in [0, 0.05) is 47.5 Å². The average Bonchev–Trinajstić information content (AvgIpc) is 3.54. The molecule has 174 valence electrons. The number of anilines is 1. The van der Waals surface area contributed by atoms with Gasteiger partial charge < -0.3 is 20.5 Å². The van der Waals surface area contributed by atoms with Gasteiger partial charge in [0.15, 0.2) is 0 Å². The zero-order valence-corrected chi connectivity index (χ0v) is 19.1. The lowest BCUT2D eigenvalue weighted by Crippen LogP contribution is -2.47. The van der Waals surface area contributed by atoms with E-state index in [0.29, 0.717) is 28.8 Å². The summed E-state index contributed by atoms with van der Waals surface area (Å²) in [4.78, 5) is 30.6. The number of piperidine rings is 1. The number of H-pyrrole nitrogens is 1. The molecule has 0 atom stereocenters. The zero-order valence-electron chi connectivity index (χ0n) is 19.1. The standard InChI is InChI=1S/C27H29N5O2/c28-16-18-4-3-5-20(14-18)26(33)30-22-8-9-25-23(15-22)24(17-29-25)19-10-12-32(13-11-19)27(34)31-21-6-1-2-7-21/h3-5,8-9,14-15,17,19,21,29H,1-2,6-7,10-13H2,(H,30,33)(H,31,34). The first-order valence-corrected chi connectivity index (χ1v) is 12.1. The first kappa shape index (κ1) is 22.0. The van der Waals surface area contributed by atoms with Crippen molar-refractivity contribution in [3.05, 3.63) is 65.4 Å². The molecule has 3 N–H and O–H groups in total. The molecule has 7 heteroatoms. The van der Waals surface area contributed by atoms with Gasteiger partial charge in [0.25, 0.3) is 5.91 Å². The molecule has 1 aliphatic heterocycles. The summed E-state index contributed by atoms with van der Waals surface area (Å²) in [6.07, 6.45) is 8.52. The number of rotatable bonds is 4. The van der Waals surface area contributed by atoms with E-state index in [1.54, 1.807) is 24.3 Å². The Bertz CT molecular complexity index is 1240. The third-order valence-corrected chi connectivity index (χ3v) is 7.13. The molecule has 7 nitrogen and oxygen atoms in total. The van der Waals surface area contributed by atoms with Crippen molar-refractivity contribution in [1.82, 2.24) is 15.2 Å². The number of amides is 3. The molecule has 3 aromatic rings. The fraction of sp³-hybridized carbons (Fsp3) is 0.370. The number of benzene rings is 2. The lowest BCUT2D eigenvalue weighted by molar-refractivity contribution is 0.102. The lowest BCUT2D eigenvalue weighted by atomic mass is 9.89. The summed E-state index contributed by atoms with van der Waals surface area (Å²) >= 11 is 0. The highest BCUT2D eigenvalue weighted by Crippen LogP contribution is 2.34. The van der Waals surface area contributed by atoms with E-state index in [9.17, 15) is 9.59 Å². The van der Waals surface area contributed by atoms with Crippen LogP contribution in [0.4, 0.5) is 10.5 Å². The molecule has 2 fully saturated rings. The molecular weight excluding hydrogens is 426 g/mol. The van der Waals surface area contributed by atoms with E-state index in [4.69, 9.17) is 5.26 Å². The van der Waals surface area contributed by atoms with Gasteiger partial charge in [-0.1, -0.05) is 18.9 Å². The van der Waals surface area contributed by atoms with E-state index in [-0.39, 0.29) is 11.9 Å². The highest BCUT2D eigenvalue weighted by molar-refractivity contribution is 6.05. The van der Waals surface area contributed by atoms with Gasteiger partial charge in [-0.15, -0.1) is 0 Å². The normalized spacial score (nSPS) is 17.0. The second-order valence-corrected chi connectivity index (χ2v) is 9.34. The van der Waals surface area contributed by atoms with Crippen molar-refractivity contribution in [3.8, 4) is 6.07 Å². The molecule has 1 aliphatic carbocycles. The highest BCUT2D eigenvalue weighted by atomic mass is 16.2. The number of nitriles is 1. The minimum Gasteiger partial charge on any atom is -0.361 e. The number of carbonyl (C=O) groups is 2. The van der Waals surface area contributed by atoms with Crippen LogP contribution in [0.2, 0.25) is 0 Å². The maximum atomic E-state index is 12.7. The molecule has 1 saturated carbocycles. The van der Waals surface area contributed by atoms with Crippen LogP contribution in [0.1, 0.15) is 65.9 Å². The van der Waals surface area contributed by atoms with Gasteiger partial charge in [-0.05, 0) is 73.6 Å². The van der Waals surface area contributed by atoms with Gasteiger partial charge in [0.05, 0.1) is 11.6 Å². The predicted molar refractivity (Wildman–Crippen MR) is 132 cm³/mol. The molecule has 0 bridgehead atoms. The van der Waals surface area contributed by atoms with Crippen molar-refractivity contribution in [1.29, 1.82) is 5.26 Å². The van der Waals surface area contributed by atoms with E-state index >= 15 is 0 Å². The monoisotopic (exact) mass is 455 g/mol. The van der Waals surface area contributed by atoms with Gasteiger partial charge in [0.2, 0.25) is 0 Å². The zero-order chi connectivity index (χ0) is 23.5. The van der Waals surface area contributed by atoms with Gasteiger partial charge in [-0.3, -0.25) is 4.79 Å². The number of nitrogens with one attached hydrogen (secondary N) is 3. The molecule has 0 unspecified atom stereocenters. The maximum Gasteiger partial charge on any atom is 0.317 e. The molecule has 5 rings (SSSR count). The Kier molecular flexibility index (Phi) is 6.22. The molecule has 34 heavy (non-hydrogen) atoms. The third-order valence-electron chi connectivity index (χ3n) is 7.13. The third kappa shape index (κ3) is 4.62. The van der Waals surface area contributed by atoms with E-state index in [0.717, 1.165) is 49.7 Å². The first-order chi connectivity index (χ1) is 16.6. The molecule has 0 radical (unpaired) electrons. The van der Waals surface area contributed by atoms with Crippen molar-refractivity contribution in [2.45, 2.75) is 50.5 Å². The number of carbonyl (C=O) groups excluding carboxylic acids is 2. The SMILES string of the molecule is N#Cc1cccc(C(=O)Nc2ccc3[nH]cc(C4CCN(C(=O)NC5CCCC5)CC4)c3c2)c1. The second kappa shape index (κ2) is 9.60. The summed E-state index contributed by atoms with van der Waals surface area (Å²) in [7, 11) is 0. The summed E-state index contributed by atoms with van der Waals surface area (Å²) in [6.45, 7) is 1.50. The van der Waals surface area contributed by atoms with E-state index < -0.39 is 0 Å². The minimum atomic E-state index is -0.241. The Hall–Kier alpha value is -3.79. The summed E-state index contributed by atoms with van der Waals surface area (Å²) in [5.74, 6) is 0.123. The molecular formula is C27H29N5O2. The summed E-state index contributed by atoms with van der Waals surface area (Å²) < 4.78 is 0. The van der Waals surface area contributed by atoms with Crippen LogP contribution in [0.15, 0.2) is 48.7 Å². The van der Waals surface area contributed by atoms with Crippen LogP contribution in [0.25, 0.3) is 10.9 Å². The number of fused-ring (bicyclic) bond motifs is 1. The van der Waals surface area contributed by atoms with E-state index in [1.165, 1.54) is 18.4 Å². The molecule has 2 aliphatic rings. The van der Waals surface area contributed by atoms with Crippen LogP contribution >= 0.6 is 0 Å². The van der Waals surface area contributed by atoms with Crippen LogP contribution in [0.3, 0.4) is 0 Å². The highest BCUT2D eigenvalue weighted by Gasteiger charge is 2.27. The minimum absolute atomic E-state index is 0.0785. The molecule has 1 saturated heterocycles. The van der Waals surface area contributed by atoms with E-state index in [2.05, 4.69) is 27.9 Å². The van der Waals surface area contributed by atoms with Crippen molar-refractivity contribution in [3.63, 3.8) is 0 Å². The van der Waals surface area contributed by atoms with Crippen molar-refractivity contribution < 1.29 is 9.59 Å². The number of aromatic amines is 1. The van der Waals surface area contributed by atoms with Crippen LogP contribution < -0.4 is 10.6 Å². The van der Waals surface area contributed by atoms with Crippen LogP contribution in [0, 0.1) is 11.3 Å². The molecule has 2 heterocycles. The fourth-order valence-electron chi connectivity index (χ4n) is 5.22. The summed E-state index contributed by atoms with van der Waals surface area (Å²) in [6, 6.07) is 15.0. The second-order valence-electron chi connectivity index (χ2n) is 9.34. The number of likely N-dealkylation sites (tertiary alicyclic amines) is 1. The van der Waals surface area contributed by atoms with Crippen molar-refractivity contribution in [2.75, 3.05) is 18.4 Å². The number of hydrogen-bond donors (Lipinski definition) is 3. The molecule has 1 aromatic heterocycles. The fourth-order valence-corrected chi connectivity index (χ4v) is 5.22. The lowest BCUT2D eigenvalue weighted by Gasteiger charge is -2.33. The summed E-state index contributed by atoms with van der Waals surface area (Å²) in [5, 5.41) is 16.3. The smallest absolute Gasteiger partial charge is 0.317 e. The Labute approximate surface area is 199 Å². The number of aromatic nitrogens is 1. The molecule has 3 amide bonds. The van der Waals surface area contributed by atoms with Crippen molar-refractivity contribution >= 4 is 28.5 Å². The Morgan fingerprint density at radius 2 is 1.82 bits per heavy atom. The van der Waals surface area contributed by atoms with Gasteiger partial charge in [0.1, 0.15) is 0 Å². The summed E-state index contributed by atoms with van der Waals surface area (Å²) in [5.41, 5.74) is 3.89. The van der Waals surface area contributed by atoms with Crippen LogP contribution in [-0.4, -0.2) is 41.0 Å². The molecule has 0 spiro atoms. The Morgan fingerprint density at radius 3 is 2.59 bits per heavy atom. The van der Waals surface area contributed by atoms with Gasteiger partial charge in [-0.25, -0.2) is 4.79 Å². The number of nitrogens with zero attached hydrogens (tertiary/aromatic N) is 2. The van der Waals surface area contributed by atoms with Crippen LogP contribution in [0.5, 0.6) is 0 Å². The van der Waals surface area contributed by atoms with E-state index in [1.807, 2.05) is 23.1 Å². The number of hydrogen-bond acceptors (Lipinski definition) is 3. The van der Waals surface area contributed by atoms with Gasteiger partial charge in [-0.2, -0.15) is 5.26 Å². The maximum absolute atomic E-state index is 12.7. The Balaban J connectivity index is 1.26. The predicted octanol–water partition coefficient (Wildman–Crippen LogP) is 5.12. The largest absolute Gasteiger partial charge is 0.361 e. The Morgan fingerprint density at radius 1 is 1.03 bits per heavy atom. The quantitative estimate of drug-likeness (QED) is 0.509. The number of urea groups is 1. The van der Waals surface area contributed by atoms with Crippen LogP contribution in [-0.2, 0) is 0 Å². The average molecular weight is 456 g/mol. The van der Waals surface area contributed by atoms with Crippen molar-refractivity contribution in [2.24, 2.45) is 0 Å².